The molecule has 6 nitrogen and oxygen atoms in total. The molecule has 2 aromatic heterocycles. The van der Waals surface area contributed by atoms with Gasteiger partial charge in [0.2, 0.25) is 0 Å². The van der Waals surface area contributed by atoms with Crippen LogP contribution in [0, 0.1) is 6.92 Å². The molecular formula is C33H33N5O. The quantitative estimate of drug-likeness (QED) is 0.268. The Labute approximate surface area is 229 Å². The highest BCUT2D eigenvalue weighted by Gasteiger charge is 2.36. The molecule has 6 heteroatoms. The number of aromatic nitrogens is 3. The lowest BCUT2D eigenvalue weighted by atomic mass is 9.99. The van der Waals surface area contributed by atoms with Gasteiger partial charge in [0, 0.05) is 17.4 Å². The number of hydrogen-bond donors (Lipinski definition) is 1. The van der Waals surface area contributed by atoms with Gasteiger partial charge in [-0.3, -0.25) is 0 Å². The molecule has 0 fully saturated rings. The van der Waals surface area contributed by atoms with Gasteiger partial charge in [0.25, 0.3) is 0 Å². The van der Waals surface area contributed by atoms with Crippen LogP contribution in [0.2, 0.25) is 0 Å². The lowest BCUT2D eigenvalue weighted by molar-refractivity contribution is 0.194. The van der Waals surface area contributed by atoms with Crippen LogP contribution in [0.1, 0.15) is 53.5 Å². The Morgan fingerprint density at radius 1 is 0.872 bits per heavy atom. The zero-order valence-corrected chi connectivity index (χ0v) is 22.6. The van der Waals surface area contributed by atoms with Gasteiger partial charge >= 0.3 is 6.03 Å². The number of nitrogens with one attached hydrogen (secondary N) is 1. The Bertz CT molecular complexity index is 1600. The average molecular weight is 516 g/mol. The molecule has 0 saturated heterocycles. The van der Waals surface area contributed by atoms with Gasteiger partial charge in [0.1, 0.15) is 5.82 Å². The minimum Gasteiger partial charge on any atom is -0.308 e. The Morgan fingerprint density at radius 2 is 1.54 bits per heavy atom. The van der Waals surface area contributed by atoms with Gasteiger partial charge in [-0.1, -0.05) is 68.4 Å². The van der Waals surface area contributed by atoms with Crippen molar-refractivity contribution in [1.29, 1.82) is 0 Å². The first-order valence-electron chi connectivity index (χ1n) is 13.6. The molecule has 1 aliphatic heterocycles. The fraction of sp³-hybridized carbons (Fsp3) is 0.212. The summed E-state index contributed by atoms with van der Waals surface area (Å²) in [5.41, 5.74) is 8.31. The summed E-state index contributed by atoms with van der Waals surface area (Å²) in [6.45, 7) is 6.74. The summed E-state index contributed by atoms with van der Waals surface area (Å²) in [5, 5.41) is 8.11. The number of rotatable bonds is 5. The Balaban J connectivity index is 1.50. The van der Waals surface area contributed by atoms with E-state index in [1.807, 2.05) is 46.8 Å². The normalized spacial score (nSPS) is 14.4. The van der Waals surface area contributed by atoms with Crippen molar-refractivity contribution in [3.05, 3.63) is 131 Å². The number of urea groups is 1. The first-order chi connectivity index (χ1) is 19.1. The highest BCUT2D eigenvalue weighted by atomic mass is 16.2. The molecule has 3 heterocycles. The van der Waals surface area contributed by atoms with Gasteiger partial charge in [-0.2, -0.15) is 5.10 Å². The molecule has 39 heavy (non-hydrogen) atoms. The maximum absolute atomic E-state index is 14.1. The number of fused-ring (bicyclic) bond motifs is 3. The van der Waals surface area contributed by atoms with Gasteiger partial charge in [0.05, 0.1) is 29.7 Å². The summed E-state index contributed by atoms with van der Waals surface area (Å²) in [4.78, 5) is 16.0. The van der Waals surface area contributed by atoms with Gasteiger partial charge in [-0.25, -0.2) is 9.48 Å². The molecule has 1 aliphatic rings. The van der Waals surface area contributed by atoms with Crippen molar-refractivity contribution in [3.63, 3.8) is 0 Å². The van der Waals surface area contributed by atoms with Crippen molar-refractivity contribution in [1.82, 2.24) is 19.2 Å². The van der Waals surface area contributed by atoms with Crippen LogP contribution in [0.4, 0.5) is 10.5 Å². The number of aryl methyl sites for hydroxylation is 3. The van der Waals surface area contributed by atoms with E-state index in [0.717, 1.165) is 52.5 Å². The monoisotopic (exact) mass is 515 g/mol. The predicted molar refractivity (Wildman–Crippen MR) is 156 cm³/mol. The van der Waals surface area contributed by atoms with E-state index >= 15 is 0 Å². The van der Waals surface area contributed by atoms with Crippen LogP contribution >= 0.6 is 0 Å². The zero-order chi connectivity index (χ0) is 26.9. The number of anilines is 1. The minimum atomic E-state index is -0.281. The molecule has 196 valence electrons. The number of nitrogens with zero attached hydrogens (tertiary/aromatic N) is 4. The van der Waals surface area contributed by atoms with Crippen molar-refractivity contribution in [2.45, 2.75) is 46.2 Å². The standard InChI is InChI=1S/C33H33N5O/c1-4-24-13-17-26(18-14-24)31-30-12-9-21-36(30)32-29(23(3)35-38(32)28-10-7-6-8-11-28)22-37(31)33(39)34-27-19-15-25(5-2)16-20-27/h6-21,31H,4-5,22H2,1-3H3,(H,34,39)/t31-/m1/s1. The molecule has 3 aromatic carbocycles. The first-order valence-corrected chi connectivity index (χ1v) is 13.6. The van der Waals surface area contributed by atoms with E-state index in [-0.39, 0.29) is 12.1 Å². The molecule has 0 aliphatic carbocycles. The molecule has 2 amide bonds. The average Bonchev–Trinajstić information content (AvgIpc) is 3.54. The summed E-state index contributed by atoms with van der Waals surface area (Å²) in [6.07, 6.45) is 4.00. The minimum absolute atomic E-state index is 0.142. The highest BCUT2D eigenvalue weighted by molar-refractivity contribution is 5.90. The summed E-state index contributed by atoms with van der Waals surface area (Å²) in [6, 6.07) is 30.6. The van der Waals surface area contributed by atoms with Gasteiger partial charge in [-0.05, 0) is 72.9 Å². The van der Waals surface area contributed by atoms with Crippen molar-refractivity contribution in [2.24, 2.45) is 0 Å². The SMILES string of the molecule is CCc1ccc(NC(=O)N2Cc3c(C)nn(-c4ccccc4)c3-n3cccc3[C@H]2c2ccc(CC)cc2)cc1. The van der Waals surface area contributed by atoms with E-state index < -0.39 is 0 Å². The van der Waals surface area contributed by atoms with E-state index in [9.17, 15) is 4.79 Å². The van der Waals surface area contributed by atoms with Gasteiger partial charge in [-0.15, -0.1) is 0 Å². The number of carbonyl (C=O) groups excluding carboxylic acids is 1. The summed E-state index contributed by atoms with van der Waals surface area (Å²) in [5.74, 6) is 0.969. The molecule has 6 rings (SSSR count). The van der Waals surface area contributed by atoms with E-state index in [0.29, 0.717) is 6.54 Å². The smallest absolute Gasteiger partial charge is 0.308 e. The second-order valence-electron chi connectivity index (χ2n) is 10.0. The Kier molecular flexibility index (Phi) is 6.53. The summed E-state index contributed by atoms with van der Waals surface area (Å²) in [7, 11) is 0. The van der Waals surface area contributed by atoms with Crippen LogP contribution in [0.3, 0.4) is 0 Å². The van der Waals surface area contributed by atoms with Crippen LogP contribution in [0.15, 0.2) is 97.2 Å². The molecule has 0 saturated carbocycles. The third-order valence-corrected chi connectivity index (χ3v) is 7.66. The molecule has 0 radical (unpaired) electrons. The van der Waals surface area contributed by atoms with Crippen molar-refractivity contribution in [3.8, 4) is 11.5 Å². The Hall–Kier alpha value is -4.58. The van der Waals surface area contributed by atoms with Crippen LogP contribution < -0.4 is 5.32 Å². The molecule has 0 bridgehead atoms. The lowest BCUT2D eigenvalue weighted by Crippen LogP contribution is -2.38. The molecular weight excluding hydrogens is 482 g/mol. The predicted octanol–water partition coefficient (Wildman–Crippen LogP) is 7.23. The number of para-hydroxylation sites is 1. The molecule has 0 unspecified atom stereocenters. The van der Waals surface area contributed by atoms with Crippen molar-refractivity contribution < 1.29 is 4.79 Å². The highest BCUT2D eigenvalue weighted by Crippen LogP contribution is 2.38. The molecule has 0 spiro atoms. The molecule has 5 aromatic rings. The van der Waals surface area contributed by atoms with Crippen molar-refractivity contribution in [2.75, 3.05) is 5.32 Å². The number of hydrogen-bond acceptors (Lipinski definition) is 2. The fourth-order valence-electron chi connectivity index (χ4n) is 5.45. The van der Waals surface area contributed by atoms with Gasteiger partial charge in [0.15, 0.2) is 0 Å². The van der Waals surface area contributed by atoms with Crippen LogP contribution in [0.25, 0.3) is 11.5 Å². The maximum Gasteiger partial charge on any atom is 0.322 e. The second kappa shape index (κ2) is 10.3. The number of amides is 2. The second-order valence-corrected chi connectivity index (χ2v) is 10.0. The number of carbonyl (C=O) groups is 1. The molecule has 1 atom stereocenters. The Morgan fingerprint density at radius 3 is 2.21 bits per heavy atom. The summed E-state index contributed by atoms with van der Waals surface area (Å²) >= 11 is 0. The zero-order valence-electron chi connectivity index (χ0n) is 22.6. The maximum atomic E-state index is 14.1. The third kappa shape index (κ3) is 4.52. The van der Waals surface area contributed by atoms with Gasteiger partial charge < -0.3 is 14.8 Å². The largest absolute Gasteiger partial charge is 0.322 e. The fourth-order valence-corrected chi connectivity index (χ4v) is 5.45. The first kappa shape index (κ1) is 24.7. The van der Waals surface area contributed by atoms with E-state index in [4.69, 9.17) is 5.10 Å². The topological polar surface area (TPSA) is 55.1 Å². The van der Waals surface area contributed by atoms with Crippen LogP contribution in [-0.2, 0) is 19.4 Å². The van der Waals surface area contributed by atoms with Crippen molar-refractivity contribution >= 4 is 11.7 Å². The van der Waals surface area contributed by atoms with E-state index in [1.165, 1.54) is 11.1 Å². The van der Waals surface area contributed by atoms with E-state index in [1.54, 1.807) is 0 Å². The molecule has 1 N–H and O–H groups in total. The van der Waals surface area contributed by atoms with Crippen LogP contribution in [0.5, 0.6) is 0 Å². The summed E-state index contributed by atoms with van der Waals surface area (Å²) < 4.78 is 4.19. The number of benzene rings is 3. The third-order valence-electron chi connectivity index (χ3n) is 7.66. The van der Waals surface area contributed by atoms with E-state index in [2.05, 4.69) is 90.6 Å². The van der Waals surface area contributed by atoms with Crippen LogP contribution in [-0.4, -0.2) is 25.3 Å². The lowest BCUT2D eigenvalue weighted by Gasteiger charge is -2.31.